The van der Waals surface area contributed by atoms with Crippen molar-refractivity contribution in [1.29, 1.82) is 0 Å². The highest BCUT2D eigenvalue weighted by molar-refractivity contribution is 6.09. The maximum absolute atomic E-state index is 13.1. The lowest BCUT2D eigenvalue weighted by Gasteiger charge is -2.34. The van der Waals surface area contributed by atoms with E-state index in [-0.39, 0.29) is 17.7 Å². The van der Waals surface area contributed by atoms with Crippen LogP contribution in [0, 0.1) is 0 Å². The van der Waals surface area contributed by atoms with E-state index in [1.54, 1.807) is 0 Å². The molecule has 0 radical (unpaired) electrons. The second-order valence-electron chi connectivity index (χ2n) is 6.63. The third-order valence-electron chi connectivity index (χ3n) is 5.20. The molecule has 120 valence electrons. The lowest BCUT2D eigenvalue weighted by atomic mass is 9.93. The quantitative estimate of drug-likeness (QED) is 0.845. The van der Waals surface area contributed by atoms with Gasteiger partial charge in [-0.25, -0.2) is 0 Å². The molecular formula is C18H25NO3. The average molecular weight is 303 g/mol. The number of ketones is 1. The third-order valence-corrected chi connectivity index (χ3v) is 5.20. The number of hydrogen-bond acceptors (Lipinski definition) is 3. The van der Waals surface area contributed by atoms with Crippen molar-refractivity contribution >= 4 is 11.7 Å². The van der Waals surface area contributed by atoms with Gasteiger partial charge in [-0.2, -0.15) is 0 Å². The first kappa shape index (κ1) is 15.3. The van der Waals surface area contributed by atoms with Crippen molar-refractivity contribution in [3.8, 4) is 0 Å². The van der Waals surface area contributed by atoms with E-state index in [1.165, 1.54) is 19.1 Å². The summed E-state index contributed by atoms with van der Waals surface area (Å²) in [5, 5.41) is 0. The summed E-state index contributed by atoms with van der Waals surface area (Å²) in [6.07, 6.45) is 9.08. The number of Topliss-reactive ketones (excluding diaryl/α,β-unsaturated/α-hetero) is 1. The predicted octanol–water partition coefficient (Wildman–Crippen LogP) is 3.98. The van der Waals surface area contributed by atoms with Crippen molar-refractivity contribution < 1.29 is 14.0 Å². The molecule has 22 heavy (non-hydrogen) atoms. The van der Waals surface area contributed by atoms with Gasteiger partial charge in [-0.1, -0.05) is 19.8 Å². The molecule has 2 aliphatic carbocycles. The molecule has 0 bridgehead atoms. The molecule has 0 aromatic carbocycles. The van der Waals surface area contributed by atoms with Crippen molar-refractivity contribution in [3.63, 3.8) is 0 Å². The number of carbonyl (C=O) groups excluding carboxylic acids is 2. The van der Waals surface area contributed by atoms with Crippen LogP contribution in [0.25, 0.3) is 0 Å². The first-order valence-electron chi connectivity index (χ1n) is 8.59. The summed E-state index contributed by atoms with van der Waals surface area (Å²) >= 11 is 0. The second kappa shape index (κ2) is 6.27. The summed E-state index contributed by atoms with van der Waals surface area (Å²) in [6, 6.07) is 0.506. The molecule has 1 aromatic rings. The Balaban J connectivity index is 1.93. The SMILES string of the molecule is CC[C@H](C)N(C(=O)c1coc2c1C(=O)CCC2)C1CCCC1. The summed E-state index contributed by atoms with van der Waals surface area (Å²) in [5.41, 5.74) is 1.05. The number of furan rings is 1. The van der Waals surface area contributed by atoms with Gasteiger partial charge in [-0.3, -0.25) is 9.59 Å². The minimum absolute atomic E-state index is 0.0125. The van der Waals surface area contributed by atoms with Gasteiger partial charge < -0.3 is 9.32 Å². The second-order valence-corrected chi connectivity index (χ2v) is 6.63. The number of fused-ring (bicyclic) bond motifs is 1. The Bertz CT molecular complexity index is 569. The van der Waals surface area contributed by atoms with E-state index >= 15 is 0 Å². The summed E-state index contributed by atoms with van der Waals surface area (Å²) in [7, 11) is 0. The normalized spacial score (nSPS) is 20.0. The van der Waals surface area contributed by atoms with Crippen molar-refractivity contribution in [2.75, 3.05) is 0 Å². The van der Waals surface area contributed by atoms with Crippen molar-refractivity contribution in [3.05, 3.63) is 23.2 Å². The molecule has 0 N–H and O–H groups in total. The first-order valence-corrected chi connectivity index (χ1v) is 8.59. The fourth-order valence-electron chi connectivity index (χ4n) is 3.82. The van der Waals surface area contributed by atoms with Crippen molar-refractivity contribution in [1.82, 2.24) is 4.90 Å². The molecule has 0 spiro atoms. The van der Waals surface area contributed by atoms with Crippen LogP contribution in [0.3, 0.4) is 0 Å². The van der Waals surface area contributed by atoms with Crippen LogP contribution >= 0.6 is 0 Å². The van der Waals surface area contributed by atoms with Crippen LogP contribution in [0.1, 0.15) is 85.3 Å². The maximum Gasteiger partial charge on any atom is 0.258 e. The van der Waals surface area contributed by atoms with Crippen molar-refractivity contribution in [2.45, 2.75) is 77.3 Å². The number of hydrogen-bond donors (Lipinski definition) is 0. The molecule has 1 saturated carbocycles. The minimum atomic E-state index is -0.0125. The zero-order valence-corrected chi connectivity index (χ0v) is 13.6. The standard InChI is InChI=1S/C18H25NO3/c1-3-12(2)19(13-7-4-5-8-13)18(21)14-11-22-16-10-6-9-15(20)17(14)16/h11-13H,3-10H2,1-2H3/t12-/m0/s1. The molecule has 4 heteroatoms. The van der Waals surface area contributed by atoms with Crippen LogP contribution < -0.4 is 0 Å². The lowest BCUT2D eigenvalue weighted by molar-refractivity contribution is 0.0585. The van der Waals surface area contributed by atoms with Gasteiger partial charge in [0.2, 0.25) is 0 Å². The maximum atomic E-state index is 13.1. The Morgan fingerprint density at radius 1 is 1.32 bits per heavy atom. The smallest absolute Gasteiger partial charge is 0.258 e. The molecule has 0 aliphatic heterocycles. The van der Waals surface area contributed by atoms with Crippen LogP contribution in [-0.2, 0) is 6.42 Å². The molecule has 0 saturated heterocycles. The summed E-state index contributed by atoms with van der Waals surface area (Å²) < 4.78 is 5.54. The van der Waals surface area contributed by atoms with E-state index in [1.807, 2.05) is 4.90 Å². The Hall–Kier alpha value is -1.58. The zero-order valence-electron chi connectivity index (χ0n) is 13.6. The Labute approximate surface area is 131 Å². The van der Waals surface area contributed by atoms with E-state index in [0.717, 1.165) is 32.1 Å². The van der Waals surface area contributed by atoms with Gasteiger partial charge in [-0.05, 0) is 32.6 Å². The molecule has 1 amide bonds. The third kappa shape index (κ3) is 2.59. The summed E-state index contributed by atoms with van der Waals surface area (Å²) in [4.78, 5) is 27.4. The van der Waals surface area contributed by atoms with Crippen molar-refractivity contribution in [2.24, 2.45) is 0 Å². The van der Waals surface area contributed by atoms with E-state index in [2.05, 4.69) is 13.8 Å². The molecule has 1 atom stereocenters. The highest BCUT2D eigenvalue weighted by Crippen LogP contribution is 2.31. The molecule has 1 aromatic heterocycles. The van der Waals surface area contributed by atoms with E-state index in [4.69, 9.17) is 4.42 Å². The number of amides is 1. The number of nitrogens with zero attached hydrogens (tertiary/aromatic N) is 1. The fourth-order valence-corrected chi connectivity index (χ4v) is 3.82. The summed E-state index contributed by atoms with van der Waals surface area (Å²) in [6.45, 7) is 4.21. The first-order chi connectivity index (χ1) is 10.6. The van der Waals surface area contributed by atoms with Gasteiger partial charge in [0.1, 0.15) is 12.0 Å². The van der Waals surface area contributed by atoms with Crippen LogP contribution in [0.15, 0.2) is 10.7 Å². The number of carbonyl (C=O) groups is 2. The molecule has 1 heterocycles. The van der Waals surface area contributed by atoms with Gasteiger partial charge in [0.25, 0.3) is 5.91 Å². The minimum Gasteiger partial charge on any atom is -0.468 e. The van der Waals surface area contributed by atoms with Crippen LogP contribution in [0.4, 0.5) is 0 Å². The molecule has 2 aliphatic rings. The van der Waals surface area contributed by atoms with Gasteiger partial charge in [0, 0.05) is 24.9 Å². The lowest BCUT2D eigenvalue weighted by Crippen LogP contribution is -2.45. The highest BCUT2D eigenvalue weighted by Gasteiger charge is 2.35. The van der Waals surface area contributed by atoms with Gasteiger partial charge in [0.05, 0.1) is 11.1 Å². The Morgan fingerprint density at radius 2 is 2.05 bits per heavy atom. The highest BCUT2D eigenvalue weighted by atomic mass is 16.3. The topological polar surface area (TPSA) is 50.5 Å². The van der Waals surface area contributed by atoms with Gasteiger partial charge in [0.15, 0.2) is 5.78 Å². The molecule has 4 nitrogen and oxygen atoms in total. The average Bonchev–Trinajstić information content (AvgIpc) is 3.17. The molecule has 1 fully saturated rings. The molecular weight excluding hydrogens is 278 g/mol. The Morgan fingerprint density at radius 3 is 2.73 bits per heavy atom. The van der Waals surface area contributed by atoms with Crippen LogP contribution in [0.5, 0.6) is 0 Å². The predicted molar refractivity (Wildman–Crippen MR) is 84.2 cm³/mol. The fraction of sp³-hybridized carbons (Fsp3) is 0.667. The van der Waals surface area contributed by atoms with Gasteiger partial charge >= 0.3 is 0 Å². The van der Waals surface area contributed by atoms with E-state index < -0.39 is 0 Å². The van der Waals surface area contributed by atoms with E-state index in [9.17, 15) is 9.59 Å². The zero-order chi connectivity index (χ0) is 15.7. The Kier molecular flexibility index (Phi) is 4.37. The van der Waals surface area contributed by atoms with Crippen LogP contribution in [-0.4, -0.2) is 28.7 Å². The van der Waals surface area contributed by atoms with Crippen LogP contribution in [0.2, 0.25) is 0 Å². The molecule has 0 unspecified atom stereocenters. The van der Waals surface area contributed by atoms with E-state index in [0.29, 0.717) is 29.3 Å². The number of aryl methyl sites for hydroxylation is 1. The van der Waals surface area contributed by atoms with Gasteiger partial charge in [-0.15, -0.1) is 0 Å². The largest absolute Gasteiger partial charge is 0.468 e. The summed E-state index contributed by atoms with van der Waals surface area (Å²) in [5.74, 6) is 0.755. The molecule has 3 rings (SSSR count). The monoisotopic (exact) mass is 303 g/mol. The number of rotatable bonds is 4.